The van der Waals surface area contributed by atoms with Crippen molar-refractivity contribution in [3.8, 4) is 0 Å². The maximum absolute atomic E-state index is 7.02. The quantitative estimate of drug-likeness (QED) is 0.122. The van der Waals surface area contributed by atoms with Crippen LogP contribution in [0.4, 0.5) is 45.5 Å². The first kappa shape index (κ1) is 39.8. The molecule has 0 atom stereocenters. The van der Waals surface area contributed by atoms with E-state index < -0.39 is 20.1 Å². The molecule has 2 aliphatic heterocycles. The predicted octanol–water partition coefficient (Wildman–Crippen LogP) is 16.9. The van der Waals surface area contributed by atoms with E-state index in [0.29, 0.717) is 0 Å². The molecule has 10 aromatic rings. The molecule has 0 radical (unpaired) electrons. The number of nitrogens with two attached hydrogens (primary N) is 1. The summed E-state index contributed by atoms with van der Waals surface area (Å²) in [6.45, 7) is 0. The van der Waals surface area contributed by atoms with Crippen LogP contribution in [0, 0.1) is 0 Å². The van der Waals surface area contributed by atoms with Crippen LogP contribution < -0.4 is 20.7 Å². The molecule has 0 amide bonds. The van der Waals surface area contributed by atoms with Gasteiger partial charge in [0, 0.05) is 50.5 Å². The Balaban J connectivity index is 0.903. The molecule has 4 nitrogen and oxygen atoms in total. The summed E-state index contributed by atoms with van der Waals surface area (Å²) >= 11 is 0. The number of hydrogen-bond donors (Lipinski definition) is 1. The third-order valence-electron chi connectivity index (χ3n) is 12.9. The van der Waals surface area contributed by atoms with Crippen LogP contribution >= 0.6 is 20.1 Å². The highest BCUT2D eigenvalue weighted by molar-refractivity contribution is 8.34. The molecule has 0 fully saturated rings. The zero-order valence-corrected chi connectivity index (χ0v) is 37.8. The Kier molecular flexibility index (Phi) is 9.87. The number of hydrazine groups is 1. The molecule has 0 aliphatic carbocycles. The summed E-state index contributed by atoms with van der Waals surface area (Å²) in [6.07, 6.45) is 0. The summed E-state index contributed by atoms with van der Waals surface area (Å²) in [6, 6.07) is 97.3. The number of para-hydroxylation sites is 4. The van der Waals surface area contributed by atoms with Gasteiger partial charge in [0.25, 0.3) is 0 Å². The Bertz CT molecular complexity index is 2930. The molecule has 6 heteroatoms. The van der Waals surface area contributed by atoms with Gasteiger partial charge in [-0.3, -0.25) is 5.01 Å². The normalized spacial score (nSPS) is 15.0. The van der Waals surface area contributed by atoms with E-state index in [2.05, 4.69) is 277 Å². The summed E-state index contributed by atoms with van der Waals surface area (Å²) in [4.78, 5) is 15.4. The molecule has 0 saturated heterocycles. The summed E-state index contributed by atoms with van der Waals surface area (Å²) in [5.41, 5.74) is 8.65. The van der Waals surface area contributed by atoms with Crippen LogP contribution in [0.1, 0.15) is 0 Å². The molecular weight excluding hydrogens is 841 g/mol. The monoisotopic (exact) mass is 886 g/mol. The fourth-order valence-electron chi connectivity index (χ4n) is 10.1. The van der Waals surface area contributed by atoms with Gasteiger partial charge in [0.05, 0.1) is 34.1 Å². The SMILES string of the molecule is NN(c1ccc(N2c3ccccc3S(c3ccccc3)(c3ccccc3)c3ccccc32)cc1)c1ccc(N2c3ccccc3S(c3ccccc3)(c3ccccc3)c3ccccc32)cc1. The van der Waals surface area contributed by atoms with Crippen LogP contribution in [0.3, 0.4) is 0 Å². The van der Waals surface area contributed by atoms with Gasteiger partial charge < -0.3 is 9.80 Å². The fraction of sp³-hybridized carbons (Fsp3) is 0. The Labute approximate surface area is 390 Å². The van der Waals surface area contributed by atoms with Crippen molar-refractivity contribution in [2.24, 2.45) is 5.84 Å². The molecule has 0 unspecified atom stereocenters. The lowest BCUT2D eigenvalue weighted by Gasteiger charge is -2.50. The average Bonchev–Trinajstić information content (AvgIpc) is 3.40. The van der Waals surface area contributed by atoms with E-state index >= 15 is 0 Å². The molecule has 0 spiro atoms. The maximum atomic E-state index is 7.02. The highest BCUT2D eigenvalue weighted by Gasteiger charge is 2.44. The van der Waals surface area contributed by atoms with E-state index in [4.69, 9.17) is 5.84 Å². The molecule has 0 saturated carbocycles. The third-order valence-corrected chi connectivity index (χ3v) is 20.8. The molecule has 0 bridgehead atoms. The van der Waals surface area contributed by atoms with Crippen molar-refractivity contribution in [3.05, 3.63) is 267 Å². The Morgan fingerprint density at radius 3 is 0.742 bits per heavy atom. The highest BCUT2D eigenvalue weighted by Crippen LogP contribution is 2.81. The van der Waals surface area contributed by atoms with Crippen molar-refractivity contribution in [3.63, 3.8) is 0 Å². The number of rotatable bonds is 8. The lowest BCUT2D eigenvalue weighted by Crippen LogP contribution is -2.25. The second-order valence-corrected chi connectivity index (χ2v) is 22.5. The fourth-order valence-corrected chi connectivity index (χ4v) is 18.5. The summed E-state index contributed by atoms with van der Waals surface area (Å²) in [7, 11) is -3.64. The first-order valence-corrected chi connectivity index (χ1v) is 25.5. The lowest BCUT2D eigenvalue weighted by atomic mass is 10.1. The molecular formula is C60H46N4S2. The van der Waals surface area contributed by atoms with Gasteiger partial charge in [-0.1, -0.05) is 121 Å². The van der Waals surface area contributed by atoms with Crippen LogP contribution in [-0.4, -0.2) is 0 Å². The summed E-state index contributed by atoms with van der Waals surface area (Å²) in [5, 5.41) is 1.78. The topological polar surface area (TPSA) is 35.7 Å². The summed E-state index contributed by atoms with van der Waals surface area (Å²) in [5.74, 6) is 7.02. The van der Waals surface area contributed by atoms with E-state index in [1.54, 1.807) is 5.01 Å². The van der Waals surface area contributed by atoms with Crippen LogP contribution in [0.15, 0.2) is 306 Å². The van der Waals surface area contributed by atoms with Gasteiger partial charge in [-0.15, -0.1) is 20.1 Å². The summed E-state index contributed by atoms with van der Waals surface area (Å²) < 4.78 is 0. The standard InChI is InChI=1S/C60H46N4S2/c61-64(47-41-37-45(38-42-47)62-53-29-13-17-33-57(53)65(49-21-5-1-6-22-49,50-23-7-2-8-24-50)58-34-18-14-30-54(58)62)48-43-39-46(40-44-48)63-55-31-15-19-35-59(55)66(51-25-9-3-10-26-51,52-27-11-4-12-28-52)60-36-20-16-32-56(60)63/h1-44H,61H2. The zero-order valence-electron chi connectivity index (χ0n) is 36.1. The van der Waals surface area contributed by atoms with Crippen LogP contribution in [0.2, 0.25) is 0 Å². The van der Waals surface area contributed by atoms with Gasteiger partial charge in [-0.25, -0.2) is 5.84 Å². The van der Waals surface area contributed by atoms with Gasteiger partial charge in [0.2, 0.25) is 0 Å². The van der Waals surface area contributed by atoms with Gasteiger partial charge in [0.15, 0.2) is 0 Å². The third kappa shape index (κ3) is 6.07. The van der Waals surface area contributed by atoms with Crippen LogP contribution in [0.5, 0.6) is 0 Å². The zero-order chi connectivity index (χ0) is 44.1. The smallest absolute Gasteiger partial charge is 0.0592 e. The number of hydrogen-bond acceptors (Lipinski definition) is 4. The number of anilines is 8. The predicted molar refractivity (Wildman–Crippen MR) is 276 cm³/mol. The molecule has 0 aromatic heterocycles. The number of benzene rings is 10. The maximum Gasteiger partial charge on any atom is 0.0592 e. The van der Waals surface area contributed by atoms with Crippen LogP contribution in [0.25, 0.3) is 0 Å². The van der Waals surface area contributed by atoms with Gasteiger partial charge in [-0.05, 0) is 146 Å². The highest BCUT2D eigenvalue weighted by atomic mass is 32.3. The lowest BCUT2D eigenvalue weighted by molar-refractivity contribution is 1.08. The number of nitrogens with zero attached hydrogens (tertiary/aromatic N) is 3. The molecule has 2 heterocycles. The van der Waals surface area contributed by atoms with E-state index in [1.807, 2.05) is 0 Å². The molecule has 2 aliphatic rings. The van der Waals surface area contributed by atoms with Crippen molar-refractivity contribution in [1.29, 1.82) is 0 Å². The average molecular weight is 887 g/mol. The van der Waals surface area contributed by atoms with Crippen LogP contribution in [-0.2, 0) is 0 Å². The first-order chi connectivity index (χ1) is 32.7. The van der Waals surface area contributed by atoms with Crippen molar-refractivity contribution in [2.75, 3.05) is 14.8 Å². The van der Waals surface area contributed by atoms with Crippen molar-refractivity contribution in [1.82, 2.24) is 0 Å². The molecule has 318 valence electrons. The van der Waals surface area contributed by atoms with Gasteiger partial charge in [-0.2, -0.15) is 0 Å². The molecule has 12 rings (SSSR count). The molecule has 2 N–H and O–H groups in total. The second kappa shape index (κ2) is 16.4. The van der Waals surface area contributed by atoms with Crippen molar-refractivity contribution < 1.29 is 0 Å². The molecule has 66 heavy (non-hydrogen) atoms. The van der Waals surface area contributed by atoms with Crippen molar-refractivity contribution >= 4 is 65.6 Å². The minimum absolute atomic E-state index is 0.895. The minimum atomic E-state index is -1.82. The minimum Gasteiger partial charge on any atom is -0.308 e. The van der Waals surface area contributed by atoms with Gasteiger partial charge >= 0.3 is 0 Å². The van der Waals surface area contributed by atoms with E-state index in [9.17, 15) is 0 Å². The Morgan fingerprint density at radius 1 is 0.258 bits per heavy atom. The number of fused-ring (bicyclic) bond motifs is 4. The van der Waals surface area contributed by atoms with Gasteiger partial charge in [0.1, 0.15) is 0 Å². The van der Waals surface area contributed by atoms with Crippen molar-refractivity contribution in [2.45, 2.75) is 39.2 Å². The van der Waals surface area contributed by atoms with E-state index in [0.717, 1.165) is 22.7 Å². The Hall–Kier alpha value is -7.74. The molecule has 10 aromatic carbocycles. The van der Waals surface area contributed by atoms with E-state index in [-0.39, 0.29) is 0 Å². The largest absolute Gasteiger partial charge is 0.308 e. The first-order valence-electron chi connectivity index (χ1n) is 22.3. The van der Waals surface area contributed by atoms with E-state index in [1.165, 1.54) is 61.9 Å². The second-order valence-electron chi connectivity index (χ2n) is 16.4. The Morgan fingerprint density at radius 2 is 0.485 bits per heavy atom.